The number of hydrogen-bond donors (Lipinski definition) is 1. The van der Waals surface area contributed by atoms with Crippen molar-refractivity contribution in [1.82, 2.24) is 4.57 Å². The van der Waals surface area contributed by atoms with Crippen LogP contribution >= 0.6 is 0 Å². The van der Waals surface area contributed by atoms with Crippen molar-refractivity contribution < 1.29 is 37.3 Å². The number of benzene rings is 2. The van der Waals surface area contributed by atoms with E-state index in [4.69, 9.17) is 4.74 Å². The maximum atomic E-state index is 14.2. The predicted octanol–water partition coefficient (Wildman–Crippen LogP) is 4.15. The minimum atomic E-state index is -1.59. The lowest BCUT2D eigenvalue weighted by Crippen LogP contribution is -2.15. The molecule has 0 saturated heterocycles. The molecule has 0 bridgehead atoms. The van der Waals surface area contributed by atoms with Crippen LogP contribution in [0.3, 0.4) is 0 Å². The predicted molar refractivity (Wildman–Crippen MR) is 106 cm³/mol. The second-order valence-corrected chi connectivity index (χ2v) is 6.47. The zero-order valence-electron chi connectivity index (χ0n) is 16.6. The van der Waals surface area contributed by atoms with Crippen molar-refractivity contribution in [2.24, 2.45) is 0 Å². The van der Waals surface area contributed by atoms with Gasteiger partial charge in [0.1, 0.15) is 11.5 Å². The molecule has 3 rings (SSSR count). The molecule has 0 unspecified atom stereocenters. The van der Waals surface area contributed by atoms with Crippen LogP contribution in [0.4, 0.5) is 13.2 Å². The third-order valence-electron chi connectivity index (χ3n) is 4.56. The average Bonchev–Trinajstić information content (AvgIpc) is 3.13. The first-order valence-electron chi connectivity index (χ1n) is 9.18. The number of carbonyl (C=O) groups is 2. The zero-order valence-corrected chi connectivity index (χ0v) is 16.6. The van der Waals surface area contributed by atoms with Gasteiger partial charge in [-0.25, -0.2) is 18.0 Å². The molecule has 2 aromatic carbocycles. The second-order valence-electron chi connectivity index (χ2n) is 6.47. The van der Waals surface area contributed by atoms with Crippen molar-refractivity contribution in [1.29, 1.82) is 0 Å². The molecule has 6 nitrogen and oxygen atoms in total. The molecule has 31 heavy (non-hydrogen) atoms. The molecule has 162 valence electrons. The van der Waals surface area contributed by atoms with E-state index in [0.29, 0.717) is 22.7 Å². The Morgan fingerprint density at radius 1 is 1.13 bits per heavy atom. The Labute approximate surface area is 175 Å². The fraction of sp³-hybridized carbons (Fsp3) is 0.182. The summed E-state index contributed by atoms with van der Waals surface area (Å²) in [5.74, 6) is -6.63. The van der Waals surface area contributed by atoms with E-state index in [1.54, 1.807) is 18.2 Å². The Bertz CT molecular complexity index is 1200. The molecule has 1 N–H and O–H groups in total. The van der Waals surface area contributed by atoms with Gasteiger partial charge >= 0.3 is 5.97 Å². The average molecular weight is 433 g/mol. The topological polar surface area (TPSA) is 77.8 Å². The molecular weight excluding hydrogens is 415 g/mol. The van der Waals surface area contributed by atoms with Crippen molar-refractivity contribution >= 4 is 28.4 Å². The third-order valence-corrected chi connectivity index (χ3v) is 4.56. The molecule has 0 aliphatic carbocycles. The summed E-state index contributed by atoms with van der Waals surface area (Å²) in [7, 11) is 1.40. The Morgan fingerprint density at radius 3 is 2.55 bits per heavy atom. The highest BCUT2D eigenvalue weighted by Gasteiger charge is 2.21. The van der Waals surface area contributed by atoms with Gasteiger partial charge in [0.05, 0.1) is 31.2 Å². The molecule has 0 amide bonds. The van der Waals surface area contributed by atoms with E-state index in [1.807, 2.05) is 0 Å². The van der Waals surface area contributed by atoms with E-state index < -0.39 is 35.0 Å². The molecule has 0 spiro atoms. The lowest BCUT2D eigenvalue weighted by Gasteiger charge is -2.08. The summed E-state index contributed by atoms with van der Waals surface area (Å²) in [5.41, 5.74) is 0.450. The quantitative estimate of drug-likeness (QED) is 0.199. The highest BCUT2D eigenvalue weighted by molar-refractivity contribution is 6.39. The van der Waals surface area contributed by atoms with Gasteiger partial charge in [-0.3, -0.25) is 4.79 Å². The van der Waals surface area contributed by atoms with Gasteiger partial charge in [0.2, 0.25) is 0 Å². The highest BCUT2D eigenvalue weighted by atomic mass is 19.2. The summed E-state index contributed by atoms with van der Waals surface area (Å²) in [6.45, 7) is 1.32. The number of ether oxygens (including phenoxy) is 2. The summed E-state index contributed by atoms with van der Waals surface area (Å²) in [6.07, 6.45) is 2.10. The Kier molecular flexibility index (Phi) is 6.33. The van der Waals surface area contributed by atoms with Gasteiger partial charge in [-0.1, -0.05) is 12.1 Å². The molecule has 0 fully saturated rings. The highest BCUT2D eigenvalue weighted by Crippen LogP contribution is 2.34. The van der Waals surface area contributed by atoms with Gasteiger partial charge < -0.3 is 19.1 Å². The van der Waals surface area contributed by atoms with Crippen molar-refractivity contribution in [3.63, 3.8) is 0 Å². The molecule has 3 aromatic rings. The number of rotatable bonds is 7. The van der Waals surface area contributed by atoms with Crippen LogP contribution in [-0.2, 0) is 20.9 Å². The summed E-state index contributed by atoms with van der Waals surface area (Å²) in [5, 5.41) is 10.9. The van der Waals surface area contributed by atoms with Crippen LogP contribution in [0, 0.1) is 17.5 Å². The van der Waals surface area contributed by atoms with Gasteiger partial charge in [0.15, 0.2) is 17.5 Å². The van der Waals surface area contributed by atoms with Crippen LogP contribution < -0.4 is 4.74 Å². The number of aliphatic hydroxyl groups excluding tert-OH is 1. The minimum Gasteiger partial charge on any atom is -0.507 e. The van der Waals surface area contributed by atoms with Gasteiger partial charge in [0.25, 0.3) is 5.78 Å². The smallest absolute Gasteiger partial charge is 0.379 e. The number of halogens is 3. The SMILES string of the molecule is CCOC(=O)C(=O)C=C(O)c1cn(Cc2ccc(F)c(F)c2F)c2cccc(OC)c12. The number of fused-ring (bicyclic) bond motifs is 1. The molecular formula is C22H18F3NO5. The van der Waals surface area contributed by atoms with Gasteiger partial charge in [-0.05, 0) is 25.1 Å². The fourth-order valence-corrected chi connectivity index (χ4v) is 3.15. The number of aromatic nitrogens is 1. The lowest BCUT2D eigenvalue weighted by atomic mass is 10.1. The van der Waals surface area contributed by atoms with E-state index in [0.717, 1.165) is 12.1 Å². The monoisotopic (exact) mass is 433 g/mol. The van der Waals surface area contributed by atoms with E-state index in [1.165, 1.54) is 24.8 Å². The second kappa shape index (κ2) is 8.95. The maximum absolute atomic E-state index is 14.2. The summed E-state index contributed by atoms with van der Waals surface area (Å²) in [4.78, 5) is 23.5. The molecule has 9 heteroatoms. The Morgan fingerprint density at radius 2 is 1.87 bits per heavy atom. The first-order chi connectivity index (χ1) is 14.8. The van der Waals surface area contributed by atoms with E-state index in [2.05, 4.69) is 4.74 Å². The van der Waals surface area contributed by atoms with Crippen LogP contribution in [0.5, 0.6) is 5.75 Å². The number of hydrogen-bond acceptors (Lipinski definition) is 5. The minimum absolute atomic E-state index is 0.00784. The largest absolute Gasteiger partial charge is 0.507 e. The van der Waals surface area contributed by atoms with Crippen LogP contribution in [0.2, 0.25) is 0 Å². The van der Waals surface area contributed by atoms with Crippen LogP contribution in [-0.4, -0.2) is 35.1 Å². The molecule has 0 radical (unpaired) electrons. The summed E-state index contributed by atoms with van der Waals surface area (Å²) >= 11 is 0. The molecule has 0 aliphatic heterocycles. The van der Waals surface area contributed by atoms with Gasteiger partial charge in [-0.2, -0.15) is 0 Å². The summed E-state index contributed by atoms with van der Waals surface area (Å²) < 4.78 is 52.5. The van der Waals surface area contributed by atoms with Gasteiger partial charge in [0, 0.05) is 23.4 Å². The van der Waals surface area contributed by atoms with Crippen LogP contribution in [0.15, 0.2) is 42.6 Å². The van der Waals surface area contributed by atoms with Gasteiger partial charge in [-0.15, -0.1) is 0 Å². The first-order valence-corrected chi connectivity index (χ1v) is 9.18. The van der Waals surface area contributed by atoms with Crippen molar-refractivity contribution in [3.05, 3.63) is 71.2 Å². The van der Waals surface area contributed by atoms with E-state index in [9.17, 15) is 27.9 Å². The fourth-order valence-electron chi connectivity index (χ4n) is 3.15. The third kappa shape index (κ3) is 4.25. The standard InChI is InChI=1S/C22H18F3NO5/c1-3-31-22(29)17(28)9-16(27)13-11-26(15-5-4-6-18(30-2)19(13)15)10-12-7-8-14(23)21(25)20(12)24/h4-9,11,27H,3,10H2,1-2H3. The van der Waals surface area contributed by atoms with Crippen molar-refractivity contribution in [3.8, 4) is 5.75 Å². The van der Waals surface area contributed by atoms with Crippen LogP contribution in [0.25, 0.3) is 16.7 Å². The molecule has 0 saturated carbocycles. The number of carbonyl (C=O) groups excluding carboxylic acids is 2. The van der Waals surface area contributed by atoms with Crippen molar-refractivity contribution in [2.75, 3.05) is 13.7 Å². The van der Waals surface area contributed by atoms with Crippen LogP contribution in [0.1, 0.15) is 18.1 Å². The van der Waals surface area contributed by atoms with Crippen molar-refractivity contribution in [2.45, 2.75) is 13.5 Å². The van der Waals surface area contributed by atoms with E-state index >= 15 is 0 Å². The molecule has 1 aromatic heterocycles. The number of ketones is 1. The lowest BCUT2D eigenvalue weighted by molar-refractivity contribution is -0.151. The molecule has 0 aliphatic rings. The summed E-state index contributed by atoms with van der Waals surface area (Å²) in [6, 6.07) is 6.82. The normalized spacial score (nSPS) is 11.6. The molecule has 0 atom stereocenters. The van der Waals surface area contributed by atoms with E-state index in [-0.39, 0.29) is 24.3 Å². The zero-order chi connectivity index (χ0) is 22.7. The Hall–Kier alpha value is -3.75. The Balaban J connectivity index is 2.12. The number of aliphatic hydroxyl groups is 1. The maximum Gasteiger partial charge on any atom is 0.379 e. The number of nitrogens with zero attached hydrogens (tertiary/aromatic N) is 1. The number of esters is 1. The molecule has 1 heterocycles. The number of methoxy groups -OCH3 is 1. The first kappa shape index (κ1) is 21.9.